The number of benzene rings is 1. The van der Waals surface area contributed by atoms with E-state index in [2.05, 4.69) is 45.5 Å². The molecule has 0 bridgehead atoms. The molecule has 1 atom stereocenters. The third kappa shape index (κ3) is 5.38. The Morgan fingerprint density at radius 1 is 1.27 bits per heavy atom. The third-order valence-corrected chi connectivity index (χ3v) is 7.71. The highest BCUT2D eigenvalue weighted by molar-refractivity contribution is 7.12. The molecule has 1 fully saturated rings. The number of carbonyl (C=O) groups excluding carboxylic acids is 1. The van der Waals surface area contributed by atoms with E-state index in [9.17, 15) is 4.79 Å². The predicted octanol–water partition coefficient (Wildman–Crippen LogP) is 4.28. The fourth-order valence-corrected chi connectivity index (χ4v) is 5.90. The number of ketones is 1. The van der Waals surface area contributed by atoms with Crippen molar-refractivity contribution in [2.24, 2.45) is 5.92 Å². The summed E-state index contributed by atoms with van der Waals surface area (Å²) in [6.45, 7) is 7.77. The highest BCUT2D eigenvalue weighted by Crippen LogP contribution is 2.29. The van der Waals surface area contributed by atoms with Crippen LogP contribution in [0.2, 0.25) is 0 Å². The summed E-state index contributed by atoms with van der Waals surface area (Å²) in [6, 6.07) is 11.7. The van der Waals surface area contributed by atoms with E-state index in [-0.39, 0.29) is 5.78 Å². The molecule has 0 radical (unpaired) electrons. The molecule has 5 heteroatoms. The number of nitrogens with zero attached hydrogens (tertiary/aromatic N) is 2. The Balaban J connectivity index is 1.35. The van der Waals surface area contributed by atoms with Crippen molar-refractivity contribution in [3.05, 3.63) is 57.3 Å². The molecule has 30 heavy (non-hydrogen) atoms. The van der Waals surface area contributed by atoms with E-state index in [4.69, 9.17) is 4.74 Å². The second kappa shape index (κ2) is 10.2. The van der Waals surface area contributed by atoms with E-state index in [0.717, 1.165) is 31.1 Å². The lowest BCUT2D eigenvalue weighted by Gasteiger charge is -2.38. The van der Waals surface area contributed by atoms with Gasteiger partial charge in [0.25, 0.3) is 0 Å². The van der Waals surface area contributed by atoms with E-state index in [1.807, 2.05) is 0 Å². The summed E-state index contributed by atoms with van der Waals surface area (Å²) >= 11 is 1.57. The first-order chi connectivity index (χ1) is 14.6. The molecule has 0 unspecified atom stereocenters. The zero-order chi connectivity index (χ0) is 20.9. The third-order valence-electron chi connectivity index (χ3n) is 6.63. The minimum atomic E-state index is 0.162. The van der Waals surface area contributed by atoms with Crippen LogP contribution in [0.4, 0.5) is 0 Å². The van der Waals surface area contributed by atoms with Gasteiger partial charge in [0.05, 0.1) is 11.5 Å². The van der Waals surface area contributed by atoms with Gasteiger partial charge >= 0.3 is 0 Å². The normalized spacial score (nSPS) is 20.0. The first kappa shape index (κ1) is 21.7. The lowest BCUT2D eigenvalue weighted by atomic mass is 9.95. The molecule has 1 aromatic carbocycles. The zero-order valence-corrected chi connectivity index (χ0v) is 19.1. The maximum absolute atomic E-state index is 11.6. The van der Waals surface area contributed by atoms with Gasteiger partial charge in [0.15, 0.2) is 5.78 Å². The smallest absolute Gasteiger partial charge is 0.169 e. The molecule has 2 heterocycles. The molecular formula is C25H34N2O2S. The maximum Gasteiger partial charge on any atom is 0.169 e. The van der Waals surface area contributed by atoms with Gasteiger partial charge in [-0.3, -0.25) is 14.6 Å². The van der Waals surface area contributed by atoms with E-state index >= 15 is 0 Å². The molecule has 0 N–H and O–H groups in total. The van der Waals surface area contributed by atoms with E-state index in [1.54, 1.807) is 36.5 Å². The largest absolute Gasteiger partial charge is 0.383 e. The van der Waals surface area contributed by atoms with Gasteiger partial charge < -0.3 is 4.74 Å². The van der Waals surface area contributed by atoms with Gasteiger partial charge in [-0.05, 0) is 73.2 Å². The number of hydrogen-bond donors (Lipinski definition) is 0. The Labute approximate surface area is 184 Å². The molecule has 0 spiro atoms. The van der Waals surface area contributed by atoms with Crippen LogP contribution in [0.1, 0.15) is 46.1 Å². The Morgan fingerprint density at radius 2 is 2.03 bits per heavy atom. The summed E-state index contributed by atoms with van der Waals surface area (Å²) < 4.78 is 5.38. The quantitative estimate of drug-likeness (QED) is 0.561. The van der Waals surface area contributed by atoms with Crippen LogP contribution in [-0.2, 0) is 24.1 Å². The number of likely N-dealkylation sites (tertiary alicyclic amines) is 1. The fraction of sp³-hybridized carbons (Fsp3) is 0.560. The number of Topliss-reactive ketones (excluding diaryl/α,β-unsaturated/α-hetero) is 1. The average Bonchev–Trinajstić information content (AvgIpc) is 3.39. The van der Waals surface area contributed by atoms with Crippen LogP contribution in [0.3, 0.4) is 0 Å². The molecular weight excluding hydrogens is 392 g/mol. The summed E-state index contributed by atoms with van der Waals surface area (Å²) in [4.78, 5) is 17.8. The molecule has 1 aliphatic heterocycles. The number of fused-ring (bicyclic) bond motifs is 1. The number of ether oxygens (including phenoxy) is 1. The number of methoxy groups -OCH3 is 1. The molecule has 0 amide bonds. The van der Waals surface area contributed by atoms with Crippen molar-refractivity contribution in [1.82, 2.24) is 9.80 Å². The van der Waals surface area contributed by atoms with Crippen LogP contribution in [-0.4, -0.2) is 61.5 Å². The van der Waals surface area contributed by atoms with Gasteiger partial charge in [-0.2, -0.15) is 0 Å². The average molecular weight is 427 g/mol. The summed E-state index contributed by atoms with van der Waals surface area (Å²) in [5, 5.41) is 2.14. The van der Waals surface area contributed by atoms with E-state index in [0.29, 0.717) is 12.0 Å². The number of hydrogen-bond acceptors (Lipinski definition) is 5. The fourth-order valence-electron chi connectivity index (χ4n) is 5.09. The standard InChI is InChI=1S/C25H34N2O2S/c1-19(28)25-12-21(18-30-25)16-26(10-11-29-2)15-20-6-5-9-27(17-20)24-13-22-7-3-4-8-23(22)14-24/h3-4,7-8,12,18,20,24H,5-6,9-11,13-17H2,1-2H3/t20-/m1/s1. The number of piperidine rings is 1. The predicted molar refractivity (Wildman–Crippen MR) is 123 cm³/mol. The van der Waals surface area contributed by atoms with Crippen LogP contribution in [0, 0.1) is 5.92 Å². The van der Waals surface area contributed by atoms with Gasteiger partial charge in [-0.25, -0.2) is 0 Å². The van der Waals surface area contributed by atoms with Crippen LogP contribution in [0.25, 0.3) is 0 Å². The van der Waals surface area contributed by atoms with Crippen LogP contribution < -0.4 is 0 Å². The second-order valence-electron chi connectivity index (χ2n) is 8.94. The highest BCUT2D eigenvalue weighted by atomic mass is 32.1. The topological polar surface area (TPSA) is 32.8 Å². The summed E-state index contributed by atoms with van der Waals surface area (Å²) in [5.41, 5.74) is 4.34. The molecule has 4 nitrogen and oxygen atoms in total. The van der Waals surface area contributed by atoms with Gasteiger partial charge in [0, 0.05) is 39.3 Å². The molecule has 0 saturated carbocycles. The highest BCUT2D eigenvalue weighted by Gasteiger charge is 2.31. The van der Waals surface area contributed by atoms with Crippen LogP contribution in [0.5, 0.6) is 0 Å². The van der Waals surface area contributed by atoms with Crippen molar-refractivity contribution in [2.75, 3.05) is 39.9 Å². The number of thiophene rings is 1. The molecule has 1 aromatic heterocycles. The van der Waals surface area contributed by atoms with Crippen molar-refractivity contribution in [3.63, 3.8) is 0 Å². The van der Waals surface area contributed by atoms with Crippen molar-refractivity contribution in [1.29, 1.82) is 0 Å². The van der Waals surface area contributed by atoms with Gasteiger partial charge in [0.2, 0.25) is 0 Å². The lowest BCUT2D eigenvalue weighted by Crippen LogP contribution is -2.46. The maximum atomic E-state index is 11.6. The van der Waals surface area contributed by atoms with E-state index < -0.39 is 0 Å². The van der Waals surface area contributed by atoms with Crippen molar-refractivity contribution >= 4 is 17.1 Å². The Bertz CT molecular complexity index is 824. The molecule has 2 aliphatic rings. The van der Waals surface area contributed by atoms with Gasteiger partial charge in [-0.15, -0.1) is 11.3 Å². The monoisotopic (exact) mass is 426 g/mol. The van der Waals surface area contributed by atoms with Crippen molar-refractivity contribution in [2.45, 2.75) is 45.2 Å². The van der Waals surface area contributed by atoms with Gasteiger partial charge in [-0.1, -0.05) is 24.3 Å². The van der Waals surface area contributed by atoms with Gasteiger partial charge in [0.1, 0.15) is 0 Å². The molecule has 4 rings (SSSR count). The van der Waals surface area contributed by atoms with Crippen LogP contribution >= 0.6 is 11.3 Å². The first-order valence-corrected chi connectivity index (χ1v) is 12.1. The number of rotatable bonds is 9. The summed E-state index contributed by atoms with van der Waals surface area (Å²) in [7, 11) is 1.77. The summed E-state index contributed by atoms with van der Waals surface area (Å²) in [6.07, 6.45) is 5.02. The molecule has 2 aromatic rings. The Morgan fingerprint density at radius 3 is 2.70 bits per heavy atom. The summed E-state index contributed by atoms with van der Waals surface area (Å²) in [5.74, 6) is 0.861. The minimum Gasteiger partial charge on any atom is -0.383 e. The Kier molecular flexibility index (Phi) is 7.37. The SMILES string of the molecule is COCCN(Cc1csc(C(C)=O)c1)C[C@H]1CCCN(C2Cc3ccccc3C2)C1. The van der Waals surface area contributed by atoms with Crippen molar-refractivity contribution < 1.29 is 9.53 Å². The Hall–Kier alpha value is -1.53. The zero-order valence-electron chi connectivity index (χ0n) is 18.3. The van der Waals surface area contributed by atoms with Crippen LogP contribution in [0.15, 0.2) is 35.7 Å². The minimum absolute atomic E-state index is 0.162. The lowest BCUT2D eigenvalue weighted by molar-refractivity contribution is 0.0844. The number of carbonyl (C=O) groups is 1. The second-order valence-corrected chi connectivity index (χ2v) is 9.85. The van der Waals surface area contributed by atoms with E-state index in [1.165, 1.54) is 44.3 Å². The first-order valence-electron chi connectivity index (χ1n) is 11.2. The molecule has 1 saturated heterocycles. The molecule has 1 aliphatic carbocycles. The molecule has 162 valence electrons. The van der Waals surface area contributed by atoms with Crippen molar-refractivity contribution in [3.8, 4) is 0 Å².